The van der Waals surface area contributed by atoms with Crippen LogP contribution in [0.5, 0.6) is 0 Å². The highest BCUT2D eigenvalue weighted by Gasteiger charge is 2.38. The molecular weight excluding hydrogens is 705 g/mol. The molecule has 0 fully saturated rings. The summed E-state index contributed by atoms with van der Waals surface area (Å²) in [6.45, 7) is 10.1. The summed E-state index contributed by atoms with van der Waals surface area (Å²) >= 11 is 0. The van der Waals surface area contributed by atoms with Gasteiger partial charge in [-0.15, -0.1) is 0 Å². The topological polar surface area (TPSA) is 74.8 Å². The van der Waals surface area contributed by atoms with Gasteiger partial charge in [0.25, 0.3) is 23.6 Å². The number of rotatable bonds is 6. The Labute approximate surface area is 331 Å². The van der Waals surface area contributed by atoms with Crippen molar-refractivity contribution in [2.45, 2.75) is 34.6 Å². The van der Waals surface area contributed by atoms with E-state index in [-0.39, 0.29) is 23.6 Å². The van der Waals surface area contributed by atoms with Crippen molar-refractivity contribution in [3.05, 3.63) is 190 Å². The van der Waals surface area contributed by atoms with Gasteiger partial charge in [-0.1, -0.05) is 102 Å². The average molecular weight is 743 g/mol. The van der Waals surface area contributed by atoms with Crippen molar-refractivity contribution in [3.63, 3.8) is 0 Å². The van der Waals surface area contributed by atoms with Gasteiger partial charge in [0.2, 0.25) is 0 Å². The molecule has 0 bridgehead atoms. The van der Waals surface area contributed by atoms with Gasteiger partial charge in [-0.05, 0) is 144 Å². The number of benzene rings is 7. The predicted octanol–water partition coefficient (Wildman–Crippen LogP) is 11.5. The molecule has 0 aromatic heterocycles. The second-order valence-corrected chi connectivity index (χ2v) is 15.2. The van der Waals surface area contributed by atoms with Gasteiger partial charge in [0.15, 0.2) is 0 Å². The molecule has 0 saturated carbocycles. The maximum absolute atomic E-state index is 13.7. The molecular formula is C51H38N2O4. The van der Waals surface area contributed by atoms with Crippen LogP contribution >= 0.6 is 0 Å². The lowest BCUT2D eigenvalue weighted by Crippen LogP contribution is -2.30. The van der Waals surface area contributed by atoms with E-state index in [1.54, 1.807) is 12.1 Å². The van der Waals surface area contributed by atoms with Gasteiger partial charge in [0, 0.05) is 0 Å². The van der Waals surface area contributed by atoms with Gasteiger partial charge in [0.05, 0.1) is 33.6 Å². The number of imide groups is 2. The Morgan fingerprint density at radius 3 is 1.21 bits per heavy atom. The van der Waals surface area contributed by atoms with Crippen LogP contribution in [0.3, 0.4) is 0 Å². The minimum absolute atomic E-state index is 0.321. The molecule has 0 radical (unpaired) electrons. The second-order valence-electron chi connectivity index (χ2n) is 15.2. The number of carbonyl (C=O) groups is 4. The van der Waals surface area contributed by atoms with Crippen molar-refractivity contribution >= 4 is 35.0 Å². The molecule has 57 heavy (non-hydrogen) atoms. The smallest absolute Gasteiger partial charge is 0.266 e. The highest BCUT2D eigenvalue weighted by Crippen LogP contribution is 2.38. The molecule has 2 heterocycles. The zero-order valence-electron chi connectivity index (χ0n) is 32.3. The van der Waals surface area contributed by atoms with Gasteiger partial charge < -0.3 is 0 Å². The molecule has 6 heteroatoms. The van der Waals surface area contributed by atoms with E-state index in [4.69, 9.17) is 0 Å². The van der Waals surface area contributed by atoms with E-state index in [1.165, 1.54) is 9.80 Å². The zero-order chi connectivity index (χ0) is 39.7. The Morgan fingerprint density at radius 2 is 0.702 bits per heavy atom. The maximum atomic E-state index is 13.7. The normalized spacial score (nSPS) is 13.4. The van der Waals surface area contributed by atoms with Crippen LogP contribution in [-0.4, -0.2) is 23.6 Å². The lowest BCUT2D eigenvalue weighted by atomic mass is 9.91. The van der Waals surface area contributed by atoms with E-state index in [2.05, 4.69) is 26.0 Å². The van der Waals surface area contributed by atoms with Gasteiger partial charge in [0.1, 0.15) is 0 Å². The maximum Gasteiger partial charge on any atom is 0.266 e. The lowest BCUT2D eigenvalue weighted by Gasteiger charge is -2.19. The van der Waals surface area contributed by atoms with Gasteiger partial charge in [-0.25, -0.2) is 9.80 Å². The first-order valence-corrected chi connectivity index (χ1v) is 19.0. The quantitative estimate of drug-likeness (QED) is 0.159. The number of hydrogen-bond acceptors (Lipinski definition) is 4. The van der Waals surface area contributed by atoms with Crippen LogP contribution in [0.15, 0.2) is 140 Å². The van der Waals surface area contributed by atoms with Crippen molar-refractivity contribution < 1.29 is 19.2 Å². The van der Waals surface area contributed by atoms with E-state index in [0.717, 1.165) is 72.3 Å². The first-order chi connectivity index (χ1) is 27.5. The Balaban J connectivity index is 0.946. The second kappa shape index (κ2) is 13.5. The van der Waals surface area contributed by atoms with E-state index in [0.29, 0.717) is 33.6 Å². The summed E-state index contributed by atoms with van der Waals surface area (Å²) in [4.78, 5) is 57.0. The molecule has 9 rings (SSSR count). The Hall–Kier alpha value is -7.18. The van der Waals surface area contributed by atoms with Crippen LogP contribution in [0.1, 0.15) is 69.2 Å². The van der Waals surface area contributed by atoms with Gasteiger partial charge >= 0.3 is 0 Å². The Bertz CT molecular complexity index is 2830. The van der Waals surface area contributed by atoms with Crippen LogP contribution in [-0.2, 0) is 0 Å². The standard InChI is InChI=1S/C51H38N2O4/c1-29-6-10-34(11-7-29)38-16-21-42-44(27-38)50(56)52(48(42)54)41-19-14-36(15-20-41)47-32(4)25-40(26-33(47)5)37-18-23-46(31(3)24-37)53-49(55)43-22-17-39(28-45(43)51(53)57)35-12-8-30(2)9-13-35/h6-28H,1-5H3. The summed E-state index contributed by atoms with van der Waals surface area (Å²) in [7, 11) is 0. The van der Waals surface area contributed by atoms with Crippen molar-refractivity contribution in [2.75, 3.05) is 9.80 Å². The molecule has 0 atom stereocenters. The molecule has 7 aromatic carbocycles. The Morgan fingerprint density at radius 1 is 0.316 bits per heavy atom. The molecule has 6 nitrogen and oxygen atoms in total. The first kappa shape index (κ1) is 35.5. The van der Waals surface area contributed by atoms with Crippen molar-refractivity contribution in [3.8, 4) is 44.5 Å². The summed E-state index contributed by atoms with van der Waals surface area (Å²) in [5.41, 5.74) is 15.8. The number of hydrogen-bond donors (Lipinski definition) is 0. The molecule has 276 valence electrons. The van der Waals surface area contributed by atoms with Crippen LogP contribution in [0.25, 0.3) is 44.5 Å². The number of aryl methyl sites for hydroxylation is 5. The molecule has 2 aliphatic heterocycles. The Kier molecular flexibility index (Phi) is 8.43. The van der Waals surface area contributed by atoms with Crippen molar-refractivity contribution in [2.24, 2.45) is 0 Å². The van der Waals surface area contributed by atoms with E-state index in [9.17, 15) is 19.2 Å². The highest BCUT2D eigenvalue weighted by atomic mass is 16.2. The number of anilines is 2. The largest absolute Gasteiger partial charge is 0.268 e. The molecule has 0 unspecified atom stereocenters. The molecule has 0 spiro atoms. The summed E-state index contributed by atoms with van der Waals surface area (Å²) in [5, 5.41) is 0. The van der Waals surface area contributed by atoms with Crippen LogP contribution in [0.2, 0.25) is 0 Å². The molecule has 4 amide bonds. The predicted molar refractivity (Wildman–Crippen MR) is 227 cm³/mol. The first-order valence-electron chi connectivity index (χ1n) is 19.0. The molecule has 7 aromatic rings. The fourth-order valence-electron chi connectivity index (χ4n) is 8.23. The highest BCUT2D eigenvalue weighted by molar-refractivity contribution is 6.35. The van der Waals surface area contributed by atoms with E-state index < -0.39 is 0 Å². The number of fused-ring (bicyclic) bond motifs is 2. The van der Waals surface area contributed by atoms with E-state index in [1.807, 2.05) is 136 Å². The number of carbonyl (C=O) groups excluding carboxylic acids is 4. The molecule has 0 N–H and O–H groups in total. The third kappa shape index (κ3) is 5.98. The van der Waals surface area contributed by atoms with Crippen LogP contribution < -0.4 is 9.80 Å². The summed E-state index contributed by atoms with van der Waals surface area (Å²) in [6, 6.07) is 44.8. The zero-order valence-corrected chi connectivity index (χ0v) is 32.3. The van der Waals surface area contributed by atoms with Crippen molar-refractivity contribution in [1.29, 1.82) is 0 Å². The fraction of sp³-hybridized carbons (Fsp3) is 0.0980. The van der Waals surface area contributed by atoms with Crippen LogP contribution in [0.4, 0.5) is 11.4 Å². The lowest BCUT2D eigenvalue weighted by molar-refractivity contribution is 0.0910. The molecule has 2 aliphatic rings. The average Bonchev–Trinajstić information content (AvgIpc) is 3.61. The van der Waals surface area contributed by atoms with Gasteiger partial charge in [-0.2, -0.15) is 0 Å². The minimum atomic E-state index is -0.329. The fourth-order valence-corrected chi connectivity index (χ4v) is 8.23. The monoisotopic (exact) mass is 742 g/mol. The summed E-state index contributed by atoms with van der Waals surface area (Å²) < 4.78 is 0. The number of nitrogens with zero attached hydrogens (tertiary/aromatic N) is 2. The van der Waals surface area contributed by atoms with Gasteiger partial charge in [-0.3, -0.25) is 19.2 Å². The summed E-state index contributed by atoms with van der Waals surface area (Å²) in [5.74, 6) is -1.30. The minimum Gasteiger partial charge on any atom is -0.268 e. The SMILES string of the molecule is Cc1ccc(-c2ccc3c(c2)C(=O)N(c2ccc(-c4c(C)cc(-c5ccc(N6C(=O)c7ccc(-c8ccc(C)cc8)cc7C6=O)c(C)c5)cc4C)cc2)C3=O)cc1. The molecule has 0 saturated heterocycles. The number of amides is 4. The van der Waals surface area contributed by atoms with Crippen molar-refractivity contribution in [1.82, 2.24) is 0 Å². The van der Waals surface area contributed by atoms with Crippen LogP contribution in [0, 0.1) is 34.6 Å². The third-order valence-corrected chi connectivity index (χ3v) is 11.3. The third-order valence-electron chi connectivity index (χ3n) is 11.3. The summed E-state index contributed by atoms with van der Waals surface area (Å²) in [6.07, 6.45) is 0. The molecule has 0 aliphatic carbocycles. The van der Waals surface area contributed by atoms with E-state index >= 15 is 0 Å².